The van der Waals surface area contributed by atoms with Gasteiger partial charge in [0, 0.05) is 20.1 Å². The fourth-order valence-corrected chi connectivity index (χ4v) is 2.80. The second-order valence-corrected chi connectivity index (χ2v) is 5.42. The van der Waals surface area contributed by atoms with E-state index in [1.165, 1.54) is 12.1 Å². The van der Waals surface area contributed by atoms with E-state index in [4.69, 9.17) is 0 Å². The molecule has 1 N–H and O–H groups in total. The molecular formula is C15H18FN5O. The molecule has 1 aliphatic heterocycles. The van der Waals surface area contributed by atoms with Gasteiger partial charge in [-0.05, 0) is 24.6 Å². The molecule has 1 unspecified atom stereocenters. The fourth-order valence-electron chi connectivity index (χ4n) is 2.80. The molecule has 116 valence electrons. The molecule has 3 rings (SSSR count). The fraction of sp³-hybridized carbons (Fsp3) is 0.400. The van der Waals surface area contributed by atoms with Gasteiger partial charge in [0.05, 0.1) is 6.54 Å². The number of benzene rings is 1. The van der Waals surface area contributed by atoms with Gasteiger partial charge >= 0.3 is 0 Å². The van der Waals surface area contributed by atoms with Crippen molar-refractivity contribution in [1.29, 1.82) is 0 Å². The highest BCUT2D eigenvalue weighted by molar-refractivity contribution is 5.83. The number of carbonyl (C=O) groups is 1. The van der Waals surface area contributed by atoms with Crippen molar-refractivity contribution >= 4 is 5.91 Å². The number of carbonyl (C=O) groups excluding carboxylic acids is 1. The minimum Gasteiger partial charge on any atom is -0.353 e. The van der Waals surface area contributed by atoms with Crippen molar-refractivity contribution in [1.82, 2.24) is 25.0 Å². The monoisotopic (exact) mass is 303 g/mol. The Morgan fingerprint density at radius 3 is 2.95 bits per heavy atom. The first-order valence-electron chi connectivity index (χ1n) is 7.18. The maximum absolute atomic E-state index is 13.5. The Balaban J connectivity index is 1.90. The number of hydrogen-bond acceptors (Lipinski definition) is 4. The van der Waals surface area contributed by atoms with E-state index in [-0.39, 0.29) is 11.7 Å². The van der Waals surface area contributed by atoms with Gasteiger partial charge in [0.2, 0.25) is 5.91 Å². The van der Waals surface area contributed by atoms with Gasteiger partial charge in [0.1, 0.15) is 23.5 Å². The summed E-state index contributed by atoms with van der Waals surface area (Å²) in [5.41, 5.74) is 0.649. The van der Waals surface area contributed by atoms with Gasteiger partial charge in [-0.3, -0.25) is 14.4 Å². The molecule has 0 spiro atoms. The SMILES string of the molecule is Cc1nc(CN2CCNC(=O)C2c2cccc(F)c2)n(C)n1. The molecule has 7 heteroatoms. The van der Waals surface area contributed by atoms with Crippen LogP contribution in [0.15, 0.2) is 24.3 Å². The van der Waals surface area contributed by atoms with Gasteiger partial charge in [-0.1, -0.05) is 12.1 Å². The van der Waals surface area contributed by atoms with Crippen molar-refractivity contribution in [3.05, 3.63) is 47.3 Å². The molecule has 0 saturated carbocycles. The van der Waals surface area contributed by atoms with E-state index in [1.807, 2.05) is 18.9 Å². The first-order valence-corrected chi connectivity index (χ1v) is 7.18. The van der Waals surface area contributed by atoms with E-state index < -0.39 is 6.04 Å². The Hall–Kier alpha value is -2.28. The number of halogens is 1. The zero-order chi connectivity index (χ0) is 15.7. The van der Waals surface area contributed by atoms with Gasteiger partial charge < -0.3 is 5.32 Å². The minimum absolute atomic E-state index is 0.115. The molecule has 1 aromatic carbocycles. The Labute approximate surface area is 128 Å². The van der Waals surface area contributed by atoms with E-state index in [9.17, 15) is 9.18 Å². The van der Waals surface area contributed by atoms with Crippen LogP contribution in [0.1, 0.15) is 23.3 Å². The van der Waals surface area contributed by atoms with Crippen LogP contribution in [0.4, 0.5) is 4.39 Å². The van der Waals surface area contributed by atoms with Crippen molar-refractivity contribution in [3.8, 4) is 0 Å². The summed E-state index contributed by atoms with van der Waals surface area (Å²) in [4.78, 5) is 18.7. The summed E-state index contributed by atoms with van der Waals surface area (Å²) < 4.78 is 15.2. The normalized spacial score (nSPS) is 19.2. The zero-order valence-corrected chi connectivity index (χ0v) is 12.6. The third-order valence-electron chi connectivity index (χ3n) is 3.78. The van der Waals surface area contributed by atoms with Crippen molar-refractivity contribution in [2.45, 2.75) is 19.5 Å². The molecule has 22 heavy (non-hydrogen) atoms. The van der Waals surface area contributed by atoms with Crippen LogP contribution in [0, 0.1) is 12.7 Å². The predicted molar refractivity (Wildman–Crippen MR) is 78.3 cm³/mol. The highest BCUT2D eigenvalue weighted by Crippen LogP contribution is 2.25. The molecule has 2 heterocycles. The summed E-state index contributed by atoms with van der Waals surface area (Å²) in [7, 11) is 1.83. The topological polar surface area (TPSA) is 63.1 Å². The first-order chi connectivity index (χ1) is 10.5. The van der Waals surface area contributed by atoms with Crippen molar-refractivity contribution in [3.63, 3.8) is 0 Å². The minimum atomic E-state index is -0.513. The summed E-state index contributed by atoms with van der Waals surface area (Å²) in [6.07, 6.45) is 0. The van der Waals surface area contributed by atoms with Crippen LogP contribution in [0.2, 0.25) is 0 Å². The maximum atomic E-state index is 13.5. The van der Waals surface area contributed by atoms with Crippen LogP contribution in [-0.2, 0) is 18.4 Å². The van der Waals surface area contributed by atoms with Crippen LogP contribution < -0.4 is 5.32 Å². The van der Waals surface area contributed by atoms with Crippen molar-refractivity contribution in [2.75, 3.05) is 13.1 Å². The number of amides is 1. The quantitative estimate of drug-likeness (QED) is 0.916. The first kappa shape index (κ1) is 14.6. The molecule has 1 aromatic heterocycles. The van der Waals surface area contributed by atoms with Gasteiger partial charge in [-0.15, -0.1) is 0 Å². The largest absolute Gasteiger partial charge is 0.353 e. The van der Waals surface area contributed by atoms with Crippen molar-refractivity contribution < 1.29 is 9.18 Å². The Kier molecular flexibility index (Phi) is 3.89. The molecule has 1 fully saturated rings. The highest BCUT2D eigenvalue weighted by atomic mass is 19.1. The molecule has 1 atom stereocenters. The van der Waals surface area contributed by atoms with Crippen LogP contribution in [-0.4, -0.2) is 38.7 Å². The molecule has 1 saturated heterocycles. The van der Waals surface area contributed by atoms with Gasteiger partial charge in [-0.2, -0.15) is 5.10 Å². The number of nitrogens with zero attached hydrogens (tertiary/aromatic N) is 4. The molecule has 1 amide bonds. The lowest BCUT2D eigenvalue weighted by molar-refractivity contribution is -0.129. The Morgan fingerprint density at radius 2 is 2.27 bits per heavy atom. The average Bonchev–Trinajstić information content (AvgIpc) is 2.77. The summed E-state index contributed by atoms with van der Waals surface area (Å²) in [5.74, 6) is 1.02. The van der Waals surface area contributed by atoms with Crippen LogP contribution in [0.3, 0.4) is 0 Å². The summed E-state index contributed by atoms with van der Waals surface area (Å²) in [6.45, 7) is 3.57. The Bertz CT molecular complexity index is 699. The van der Waals surface area contributed by atoms with Gasteiger partial charge in [0.15, 0.2) is 0 Å². The molecular weight excluding hydrogens is 285 g/mol. The van der Waals surface area contributed by atoms with Crippen LogP contribution >= 0.6 is 0 Å². The second-order valence-electron chi connectivity index (χ2n) is 5.42. The van der Waals surface area contributed by atoms with Gasteiger partial charge in [0.25, 0.3) is 0 Å². The number of aryl methyl sites for hydroxylation is 2. The van der Waals surface area contributed by atoms with Crippen LogP contribution in [0.25, 0.3) is 0 Å². The predicted octanol–water partition coefficient (Wildman–Crippen LogP) is 0.936. The summed E-state index contributed by atoms with van der Waals surface area (Å²) >= 11 is 0. The summed E-state index contributed by atoms with van der Waals surface area (Å²) in [6, 6.07) is 5.66. The van der Waals surface area contributed by atoms with Gasteiger partial charge in [-0.25, -0.2) is 9.37 Å². The van der Waals surface area contributed by atoms with Crippen LogP contribution in [0.5, 0.6) is 0 Å². The van der Waals surface area contributed by atoms with E-state index in [0.717, 1.165) is 5.82 Å². The molecule has 2 aromatic rings. The number of hydrogen-bond donors (Lipinski definition) is 1. The number of piperazine rings is 1. The van der Waals surface area contributed by atoms with E-state index in [1.54, 1.807) is 16.8 Å². The third kappa shape index (κ3) is 2.85. The molecule has 0 bridgehead atoms. The highest BCUT2D eigenvalue weighted by Gasteiger charge is 2.32. The van der Waals surface area contributed by atoms with Crippen molar-refractivity contribution in [2.24, 2.45) is 7.05 Å². The lowest BCUT2D eigenvalue weighted by atomic mass is 10.0. The molecule has 0 radical (unpaired) electrons. The average molecular weight is 303 g/mol. The lowest BCUT2D eigenvalue weighted by Crippen LogP contribution is -2.49. The number of aromatic nitrogens is 3. The van der Waals surface area contributed by atoms with E-state index in [2.05, 4.69) is 15.4 Å². The molecule has 0 aliphatic carbocycles. The molecule has 1 aliphatic rings. The molecule has 6 nitrogen and oxygen atoms in total. The summed E-state index contributed by atoms with van der Waals surface area (Å²) in [5, 5.41) is 7.07. The van der Waals surface area contributed by atoms with E-state index >= 15 is 0 Å². The third-order valence-corrected chi connectivity index (χ3v) is 3.78. The number of nitrogens with one attached hydrogen (secondary N) is 1. The zero-order valence-electron chi connectivity index (χ0n) is 12.6. The van der Waals surface area contributed by atoms with E-state index in [0.29, 0.717) is 31.0 Å². The Morgan fingerprint density at radius 1 is 1.45 bits per heavy atom. The standard InChI is InChI=1S/C15H18FN5O/c1-10-18-13(20(2)19-10)9-21-7-6-17-15(22)14(21)11-4-3-5-12(16)8-11/h3-5,8,14H,6-7,9H2,1-2H3,(H,17,22). The lowest BCUT2D eigenvalue weighted by Gasteiger charge is -2.34. The number of rotatable bonds is 3. The maximum Gasteiger partial charge on any atom is 0.242 e. The smallest absolute Gasteiger partial charge is 0.242 e. The second kappa shape index (κ2) is 5.84.